The Morgan fingerprint density at radius 2 is 1.86 bits per heavy atom. The van der Waals surface area contributed by atoms with Gasteiger partial charge in [-0.05, 0) is 24.6 Å². The maximum Gasteiger partial charge on any atom is 0.389 e. The van der Waals surface area contributed by atoms with E-state index in [1.54, 1.807) is 0 Å². The molecule has 1 aromatic rings. The molecule has 0 bridgehead atoms. The Morgan fingerprint density at radius 3 is 2.38 bits per heavy atom. The van der Waals surface area contributed by atoms with Crippen molar-refractivity contribution in [2.24, 2.45) is 0 Å². The van der Waals surface area contributed by atoms with Crippen molar-refractivity contribution < 1.29 is 26.4 Å². The molecule has 0 fully saturated rings. The van der Waals surface area contributed by atoms with Gasteiger partial charge in [0.15, 0.2) is 0 Å². The zero-order valence-corrected chi connectivity index (χ0v) is 12.7. The van der Waals surface area contributed by atoms with Crippen LogP contribution in [0.25, 0.3) is 0 Å². The molecule has 1 aromatic carbocycles. The SMILES string of the molecule is O=C(NCCCC(F)(F)F)c1cc(Cl)cc(S(=O)(=O)Cl)c1. The maximum atomic E-state index is 11.9. The molecule has 0 aliphatic rings. The Kier molecular flexibility index (Phi) is 5.89. The lowest BCUT2D eigenvalue weighted by Gasteiger charge is -2.08. The summed E-state index contributed by atoms with van der Waals surface area (Å²) >= 11 is 5.67. The standard InChI is InChI=1S/C11H10Cl2F3NO3S/c12-8-4-7(5-9(6-8)21(13,19)20)10(18)17-3-1-2-11(14,15)16/h4-6H,1-3H2,(H,17,18). The van der Waals surface area contributed by atoms with Gasteiger partial charge in [-0.25, -0.2) is 8.42 Å². The highest BCUT2D eigenvalue weighted by Gasteiger charge is 2.26. The van der Waals surface area contributed by atoms with Gasteiger partial charge in [0.25, 0.3) is 15.0 Å². The van der Waals surface area contributed by atoms with Crippen LogP contribution in [0, 0.1) is 0 Å². The van der Waals surface area contributed by atoms with E-state index < -0.39 is 27.6 Å². The van der Waals surface area contributed by atoms with Gasteiger partial charge in [0.2, 0.25) is 0 Å². The van der Waals surface area contributed by atoms with Crippen LogP contribution in [0.2, 0.25) is 5.02 Å². The van der Waals surface area contributed by atoms with Gasteiger partial charge in [-0.15, -0.1) is 0 Å². The lowest BCUT2D eigenvalue weighted by atomic mass is 10.2. The lowest BCUT2D eigenvalue weighted by molar-refractivity contribution is -0.135. The average Bonchev–Trinajstić information content (AvgIpc) is 2.31. The predicted molar refractivity (Wildman–Crippen MR) is 72.1 cm³/mol. The van der Waals surface area contributed by atoms with Gasteiger partial charge in [-0.1, -0.05) is 11.6 Å². The molecule has 0 heterocycles. The van der Waals surface area contributed by atoms with Crippen molar-refractivity contribution in [2.75, 3.05) is 6.54 Å². The summed E-state index contributed by atoms with van der Waals surface area (Å²) in [5, 5.41) is 2.21. The summed E-state index contributed by atoms with van der Waals surface area (Å²) in [7, 11) is 1.07. The van der Waals surface area contributed by atoms with E-state index >= 15 is 0 Å². The third-order valence-electron chi connectivity index (χ3n) is 2.34. The first-order chi connectivity index (χ1) is 9.49. The summed E-state index contributed by atoms with van der Waals surface area (Å²) in [5.74, 6) is -0.735. The first-order valence-electron chi connectivity index (χ1n) is 5.59. The Bertz CT molecular complexity index is 632. The van der Waals surface area contributed by atoms with E-state index in [2.05, 4.69) is 5.32 Å². The van der Waals surface area contributed by atoms with Gasteiger partial charge >= 0.3 is 6.18 Å². The molecule has 0 aliphatic carbocycles. The first kappa shape index (κ1) is 18.1. The molecule has 1 rings (SSSR count). The summed E-state index contributed by atoms with van der Waals surface area (Å²) in [6, 6.07) is 3.24. The van der Waals surface area contributed by atoms with Crippen LogP contribution in [-0.2, 0) is 9.05 Å². The van der Waals surface area contributed by atoms with Crippen molar-refractivity contribution in [1.29, 1.82) is 0 Å². The quantitative estimate of drug-likeness (QED) is 0.644. The van der Waals surface area contributed by atoms with E-state index in [0.29, 0.717) is 0 Å². The predicted octanol–water partition coefficient (Wildman–Crippen LogP) is 3.34. The van der Waals surface area contributed by atoms with E-state index in [0.717, 1.165) is 12.1 Å². The number of hydrogen-bond donors (Lipinski definition) is 1. The minimum atomic E-state index is -4.29. The Hall–Kier alpha value is -0.990. The molecule has 0 spiro atoms. The normalized spacial score (nSPS) is 12.2. The number of carbonyl (C=O) groups is 1. The molecule has 1 amide bonds. The molecule has 118 valence electrons. The third kappa shape index (κ3) is 6.54. The number of hydrogen-bond acceptors (Lipinski definition) is 3. The van der Waals surface area contributed by atoms with Crippen LogP contribution in [0.5, 0.6) is 0 Å². The molecule has 0 unspecified atom stereocenters. The fourth-order valence-electron chi connectivity index (χ4n) is 1.43. The molecular weight excluding hydrogens is 354 g/mol. The summed E-state index contributed by atoms with van der Waals surface area (Å²) in [6.45, 7) is -0.201. The minimum absolute atomic E-state index is 0.0304. The van der Waals surface area contributed by atoms with Gasteiger partial charge in [-0.2, -0.15) is 13.2 Å². The van der Waals surface area contributed by atoms with Crippen molar-refractivity contribution in [2.45, 2.75) is 23.9 Å². The summed E-state index contributed by atoms with van der Waals surface area (Å²) < 4.78 is 58.1. The number of carbonyl (C=O) groups excluding carboxylic acids is 1. The molecule has 0 radical (unpaired) electrons. The summed E-state index contributed by atoms with van der Waals surface area (Å²) in [5.41, 5.74) is -0.103. The van der Waals surface area contributed by atoms with Crippen molar-refractivity contribution in [3.05, 3.63) is 28.8 Å². The van der Waals surface area contributed by atoms with Crippen molar-refractivity contribution in [3.8, 4) is 0 Å². The molecule has 4 nitrogen and oxygen atoms in total. The lowest BCUT2D eigenvalue weighted by Crippen LogP contribution is -2.25. The number of nitrogens with one attached hydrogen (secondary N) is 1. The molecule has 0 aliphatic heterocycles. The third-order valence-corrected chi connectivity index (χ3v) is 3.89. The topological polar surface area (TPSA) is 63.2 Å². The Balaban J connectivity index is 2.73. The van der Waals surface area contributed by atoms with E-state index in [1.165, 1.54) is 6.07 Å². The fraction of sp³-hybridized carbons (Fsp3) is 0.364. The van der Waals surface area contributed by atoms with Gasteiger partial charge in [0.05, 0.1) is 4.90 Å². The summed E-state index contributed by atoms with van der Waals surface area (Å²) in [4.78, 5) is 11.3. The van der Waals surface area contributed by atoms with Gasteiger partial charge in [0.1, 0.15) is 0 Å². The van der Waals surface area contributed by atoms with Gasteiger partial charge < -0.3 is 5.32 Å². The molecule has 0 atom stereocenters. The number of benzene rings is 1. The minimum Gasteiger partial charge on any atom is -0.352 e. The Morgan fingerprint density at radius 1 is 1.24 bits per heavy atom. The second-order valence-corrected chi connectivity index (χ2v) is 7.09. The number of rotatable bonds is 5. The van der Waals surface area contributed by atoms with Crippen LogP contribution < -0.4 is 5.32 Å². The van der Waals surface area contributed by atoms with Crippen LogP contribution in [0.15, 0.2) is 23.1 Å². The number of amides is 1. The van der Waals surface area contributed by atoms with Crippen molar-refractivity contribution in [3.63, 3.8) is 0 Å². The van der Waals surface area contributed by atoms with E-state index in [9.17, 15) is 26.4 Å². The van der Waals surface area contributed by atoms with Crippen LogP contribution >= 0.6 is 22.3 Å². The smallest absolute Gasteiger partial charge is 0.352 e. The highest BCUT2D eigenvalue weighted by molar-refractivity contribution is 8.13. The van der Waals surface area contributed by atoms with E-state index in [-0.39, 0.29) is 28.4 Å². The zero-order valence-electron chi connectivity index (χ0n) is 10.4. The Labute approximate surface area is 128 Å². The molecular formula is C11H10Cl2F3NO3S. The van der Waals surface area contributed by atoms with Crippen molar-refractivity contribution >= 4 is 37.2 Å². The van der Waals surface area contributed by atoms with Crippen LogP contribution in [0.4, 0.5) is 13.2 Å². The summed E-state index contributed by atoms with van der Waals surface area (Å²) in [6.07, 6.45) is -5.60. The molecule has 10 heteroatoms. The van der Waals surface area contributed by atoms with Gasteiger partial charge in [0, 0.05) is 34.2 Å². The fourth-order valence-corrected chi connectivity index (χ4v) is 2.53. The number of alkyl halides is 3. The molecule has 0 aromatic heterocycles. The van der Waals surface area contributed by atoms with E-state index in [1.807, 2.05) is 0 Å². The molecule has 0 saturated heterocycles. The molecule has 21 heavy (non-hydrogen) atoms. The second-order valence-electron chi connectivity index (χ2n) is 4.09. The first-order valence-corrected chi connectivity index (χ1v) is 8.28. The van der Waals surface area contributed by atoms with Crippen LogP contribution in [0.3, 0.4) is 0 Å². The zero-order chi connectivity index (χ0) is 16.3. The maximum absolute atomic E-state index is 11.9. The largest absolute Gasteiger partial charge is 0.389 e. The van der Waals surface area contributed by atoms with E-state index in [4.69, 9.17) is 22.3 Å². The van der Waals surface area contributed by atoms with Crippen LogP contribution in [0.1, 0.15) is 23.2 Å². The van der Waals surface area contributed by atoms with Crippen molar-refractivity contribution in [1.82, 2.24) is 5.32 Å². The van der Waals surface area contributed by atoms with Gasteiger partial charge in [-0.3, -0.25) is 4.79 Å². The second kappa shape index (κ2) is 6.85. The highest BCUT2D eigenvalue weighted by Crippen LogP contribution is 2.22. The molecule has 0 saturated carbocycles. The number of halogens is 5. The monoisotopic (exact) mass is 363 g/mol. The average molecular weight is 364 g/mol. The van der Waals surface area contributed by atoms with Crippen LogP contribution in [-0.4, -0.2) is 27.0 Å². The highest BCUT2D eigenvalue weighted by atomic mass is 35.7. The molecule has 1 N–H and O–H groups in total.